The predicted octanol–water partition coefficient (Wildman–Crippen LogP) is 6.64. The maximum atomic E-state index is 14.5. The standard InChI is InChI=1S/C51H81N5O12/c1-30-16-12-11-13-17-31(2)42(64-8)28-37-21-19-35(6)51(62,68-37)48(59)49(60)56-23-15-14-18-40(56)50(61)67-43(38(52)26-36-20-22-41(63-7)44(27-36)65-9)29-39(54-55-53)32(3)25-34(5)46(58)47(66-10)45(57)33(4)24-30/h11-13,16-17,25,30,32-33,35-44,46-47,58,62H,14-15,18-24,26-29,52H2,1-10H3/b13-11?,16-12+,31-17?,34-25+/t30-,32-,33-,35-,36+,37+,38-,39?,40+,41-,42+,43+,44-,46-,47+,51-/m1/s1. The first kappa shape index (κ1) is 56.8. The lowest BCUT2D eigenvalue weighted by molar-refractivity contribution is -0.265. The SMILES string of the molecule is CO[C@H]1C[C@@H]2CC[C@@H](C)[C@@](O)(O2)C(=O)C(=O)N2CCCC[C@H]2C(=O)O[C@H]([C@H](N)C[C@@H]2CC[C@@H](OC)[C@H](OC)C2)CC(N=[N+]=[N-])[C@H](C)/C=C(\C)[C@@H](O)[C@@H](OC)C(=O)[C@H](C)C[C@H](C)/C=C/C=CC=C1C. The number of amides is 1. The molecule has 3 heterocycles. The van der Waals surface area contributed by atoms with Crippen molar-refractivity contribution in [2.75, 3.05) is 35.0 Å². The number of carbonyl (C=O) groups excluding carboxylic acids is 4. The van der Waals surface area contributed by atoms with E-state index in [1.165, 1.54) is 12.0 Å². The lowest BCUT2D eigenvalue weighted by Crippen LogP contribution is -2.61. The van der Waals surface area contributed by atoms with E-state index in [2.05, 4.69) is 10.0 Å². The van der Waals surface area contributed by atoms with Gasteiger partial charge in [0, 0.05) is 70.2 Å². The number of methoxy groups -OCH3 is 4. The van der Waals surface area contributed by atoms with Crippen LogP contribution in [0.15, 0.2) is 52.7 Å². The summed E-state index contributed by atoms with van der Waals surface area (Å²) >= 11 is 0. The fourth-order valence-corrected chi connectivity index (χ4v) is 10.5. The number of hydrogen-bond acceptors (Lipinski definition) is 14. The van der Waals surface area contributed by atoms with E-state index in [0.717, 1.165) is 18.4 Å². The number of ketones is 2. The van der Waals surface area contributed by atoms with Crippen LogP contribution >= 0.6 is 0 Å². The van der Waals surface area contributed by atoms with E-state index >= 15 is 0 Å². The van der Waals surface area contributed by atoms with Crippen LogP contribution in [0.25, 0.3) is 10.4 Å². The van der Waals surface area contributed by atoms with Gasteiger partial charge in [0.05, 0.1) is 24.4 Å². The van der Waals surface area contributed by atoms with E-state index in [4.69, 9.17) is 34.2 Å². The molecular formula is C51H81N5O12. The van der Waals surface area contributed by atoms with Crippen molar-refractivity contribution >= 4 is 23.4 Å². The normalized spacial score (nSPS) is 38.8. The molecule has 1 amide bonds. The van der Waals surface area contributed by atoms with Crippen LogP contribution in [0.5, 0.6) is 0 Å². The Morgan fingerprint density at radius 1 is 0.882 bits per heavy atom. The topological polar surface area (TPSA) is 242 Å². The number of rotatable bonds is 8. The molecule has 0 aromatic carbocycles. The lowest BCUT2D eigenvalue weighted by atomic mass is 9.80. The average molecular weight is 956 g/mol. The zero-order valence-corrected chi connectivity index (χ0v) is 42.2. The number of allylic oxidation sites excluding steroid dienone is 5. The Bertz CT molecular complexity index is 1870. The van der Waals surface area contributed by atoms with Crippen LogP contribution in [0.1, 0.15) is 119 Å². The number of cyclic esters (lactones) is 1. The highest BCUT2D eigenvalue weighted by Crippen LogP contribution is 2.37. The van der Waals surface area contributed by atoms with E-state index in [0.29, 0.717) is 56.9 Å². The lowest BCUT2D eigenvalue weighted by Gasteiger charge is -2.43. The maximum absolute atomic E-state index is 14.5. The number of hydrogen-bond donors (Lipinski definition) is 3. The molecule has 4 aliphatic rings. The minimum Gasteiger partial charge on any atom is -0.459 e. The third kappa shape index (κ3) is 14.9. The van der Waals surface area contributed by atoms with Crippen molar-refractivity contribution in [3.63, 3.8) is 0 Å². The predicted molar refractivity (Wildman–Crippen MR) is 257 cm³/mol. The number of ether oxygens (including phenoxy) is 6. The summed E-state index contributed by atoms with van der Waals surface area (Å²) < 4.78 is 35.4. The number of aliphatic hydroxyl groups is 2. The van der Waals surface area contributed by atoms with Gasteiger partial charge in [-0.2, -0.15) is 0 Å². The molecule has 0 radical (unpaired) electrons. The number of azide groups is 1. The number of fused-ring (bicyclic) bond motifs is 3. The summed E-state index contributed by atoms with van der Waals surface area (Å²) in [7, 11) is 6.25. The van der Waals surface area contributed by atoms with Gasteiger partial charge in [-0.1, -0.05) is 69.3 Å². The van der Waals surface area contributed by atoms with Crippen LogP contribution in [0.2, 0.25) is 0 Å². The molecule has 17 heteroatoms. The number of carbonyl (C=O) groups is 4. The molecule has 68 heavy (non-hydrogen) atoms. The Kier molecular flexibility index (Phi) is 22.6. The second kappa shape index (κ2) is 27.0. The molecule has 0 aromatic heterocycles. The van der Waals surface area contributed by atoms with Crippen molar-refractivity contribution in [1.82, 2.24) is 4.90 Å². The second-order valence-electron chi connectivity index (χ2n) is 19.9. The minimum absolute atomic E-state index is 0.0116. The van der Waals surface area contributed by atoms with E-state index in [1.807, 2.05) is 51.2 Å². The third-order valence-corrected chi connectivity index (χ3v) is 14.9. The van der Waals surface area contributed by atoms with Crippen molar-refractivity contribution in [3.8, 4) is 0 Å². The molecule has 1 aliphatic carbocycles. The Labute approximate surface area is 403 Å². The molecule has 382 valence electrons. The molecule has 2 bridgehead atoms. The highest BCUT2D eigenvalue weighted by Gasteiger charge is 2.53. The summed E-state index contributed by atoms with van der Waals surface area (Å²) in [4.78, 5) is 61.2. The first-order valence-electron chi connectivity index (χ1n) is 24.6. The zero-order chi connectivity index (χ0) is 50.3. The van der Waals surface area contributed by atoms with E-state index in [-0.39, 0.29) is 49.2 Å². The molecular weight excluding hydrogens is 875 g/mol. The molecule has 3 fully saturated rings. The highest BCUT2D eigenvalue weighted by molar-refractivity contribution is 6.39. The summed E-state index contributed by atoms with van der Waals surface area (Å²) in [6.07, 6.45) is 12.1. The molecule has 1 unspecified atom stereocenters. The first-order valence-corrected chi connectivity index (χ1v) is 24.6. The second-order valence-corrected chi connectivity index (χ2v) is 19.9. The van der Waals surface area contributed by atoms with Gasteiger partial charge in [-0.15, -0.1) is 0 Å². The van der Waals surface area contributed by atoms with Crippen molar-refractivity contribution in [1.29, 1.82) is 0 Å². The molecule has 1 saturated carbocycles. The van der Waals surface area contributed by atoms with Crippen LogP contribution < -0.4 is 5.73 Å². The van der Waals surface area contributed by atoms with Gasteiger partial charge in [-0.25, -0.2) is 4.79 Å². The molecule has 2 saturated heterocycles. The molecule has 16 atom stereocenters. The Morgan fingerprint density at radius 2 is 1.60 bits per heavy atom. The highest BCUT2D eigenvalue weighted by atomic mass is 16.6. The minimum atomic E-state index is -2.44. The number of Topliss-reactive ketones (excluding diaryl/α,β-unsaturated/α-hetero) is 2. The van der Waals surface area contributed by atoms with Gasteiger partial charge in [0.1, 0.15) is 24.4 Å². The van der Waals surface area contributed by atoms with E-state index in [1.54, 1.807) is 48.2 Å². The van der Waals surface area contributed by atoms with Crippen molar-refractivity contribution in [3.05, 3.63) is 58.0 Å². The average Bonchev–Trinajstić information content (AvgIpc) is 3.32. The quantitative estimate of drug-likeness (QED) is 0.0578. The van der Waals surface area contributed by atoms with Gasteiger partial charge in [-0.3, -0.25) is 14.4 Å². The van der Waals surface area contributed by atoms with Crippen molar-refractivity contribution in [2.45, 2.75) is 185 Å². The molecule has 0 spiro atoms. The van der Waals surface area contributed by atoms with Gasteiger partial charge in [0.15, 0.2) is 5.78 Å². The Morgan fingerprint density at radius 3 is 2.26 bits per heavy atom. The number of aliphatic hydroxyl groups excluding tert-OH is 1. The number of esters is 1. The summed E-state index contributed by atoms with van der Waals surface area (Å²) in [5, 5.41) is 27.7. The van der Waals surface area contributed by atoms with E-state index < -0.39 is 89.8 Å². The molecule has 4 N–H and O–H groups in total. The van der Waals surface area contributed by atoms with Crippen molar-refractivity contribution in [2.24, 2.45) is 40.4 Å². The van der Waals surface area contributed by atoms with Crippen LogP contribution in [0, 0.1) is 29.6 Å². The maximum Gasteiger partial charge on any atom is 0.329 e. The number of nitrogens with two attached hydrogens (primary N) is 1. The monoisotopic (exact) mass is 956 g/mol. The Hall–Kier alpha value is -3.77. The van der Waals surface area contributed by atoms with Gasteiger partial charge in [0.25, 0.3) is 11.7 Å². The van der Waals surface area contributed by atoms with Crippen molar-refractivity contribution < 1.29 is 57.8 Å². The van der Waals surface area contributed by atoms with Gasteiger partial charge >= 0.3 is 5.97 Å². The van der Waals surface area contributed by atoms with E-state index in [9.17, 15) is 34.9 Å². The van der Waals surface area contributed by atoms with Crippen LogP contribution in [0.4, 0.5) is 0 Å². The summed E-state index contributed by atoms with van der Waals surface area (Å²) in [5.41, 5.74) is 18.2. The molecule has 17 nitrogen and oxygen atoms in total. The van der Waals surface area contributed by atoms with Crippen LogP contribution in [-0.2, 0) is 47.6 Å². The fourth-order valence-electron chi connectivity index (χ4n) is 10.5. The molecule has 4 rings (SSSR count). The largest absolute Gasteiger partial charge is 0.459 e. The number of piperidine rings is 1. The summed E-state index contributed by atoms with van der Waals surface area (Å²) in [6, 6.07) is -2.77. The summed E-state index contributed by atoms with van der Waals surface area (Å²) in [6.45, 7) is 11.0. The Balaban J connectivity index is 1.75. The first-order chi connectivity index (χ1) is 32.3. The zero-order valence-electron chi connectivity index (χ0n) is 42.2. The molecule has 3 aliphatic heterocycles. The molecule has 0 aromatic rings. The van der Waals surface area contributed by atoms with Gasteiger partial charge < -0.3 is 49.3 Å². The van der Waals surface area contributed by atoms with Crippen LogP contribution in [-0.4, -0.2) is 140 Å². The van der Waals surface area contributed by atoms with Crippen LogP contribution in [0.3, 0.4) is 0 Å². The fraction of sp³-hybridized carbons (Fsp3) is 0.765. The van der Waals surface area contributed by atoms with Gasteiger partial charge in [0.2, 0.25) is 5.79 Å². The smallest absolute Gasteiger partial charge is 0.329 e. The summed E-state index contributed by atoms with van der Waals surface area (Å²) in [5.74, 6) is -7.29. The number of nitrogens with zero attached hydrogens (tertiary/aromatic N) is 4. The van der Waals surface area contributed by atoms with Gasteiger partial charge in [-0.05, 0) is 119 Å². The third-order valence-electron chi connectivity index (χ3n) is 14.9.